The number of fused-ring (bicyclic) bond motifs is 1. The van der Waals surface area contributed by atoms with E-state index in [1.54, 1.807) is 23.8 Å². The van der Waals surface area contributed by atoms with Crippen LogP contribution < -0.4 is 15.5 Å². The number of carboxylic acid groups (broad SMARTS) is 1. The van der Waals surface area contributed by atoms with E-state index in [-0.39, 0.29) is 11.6 Å². The standard InChI is InChI=1S/C18H20N8O.C2HF3O2/c1-24-12-15(14(11-19)22-24)21-18(27)16-5-3-13-4-6-17(23-26(13)16)25-9-2-7-20-8-10-25;3-2(4,5)1(6)7/h3-6,12,20H,2,7-10H2,1H3,(H,21,27);(H,6,7). The molecule has 0 radical (unpaired) electrons. The van der Waals surface area contributed by atoms with Crippen LogP contribution in [0.5, 0.6) is 0 Å². The highest BCUT2D eigenvalue weighted by molar-refractivity contribution is 6.04. The summed E-state index contributed by atoms with van der Waals surface area (Å²) < 4.78 is 34.9. The van der Waals surface area contributed by atoms with Crippen molar-refractivity contribution in [2.24, 2.45) is 7.05 Å². The molecule has 3 aromatic heterocycles. The molecule has 0 aromatic carbocycles. The van der Waals surface area contributed by atoms with Crippen LogP contribution in [0.4, 0.5) is 24.7 Å². The molecule has 1 saturated heterocycles. The third kappa shape index (κ3) is 5.81. The lowest BCUT2D eigenvalue weighted by molar-refractivity contribution is -0.192. The molecule has 0 spiro atoms. The predicted molar refractivity (Wildman–Crippen MR) is 114 cm³/mol. The van der Waals surface area contributed by atoms with Gasteiger partial charge in [-0.3, -0.25) is 9.48 Å². The number of nitrogens with zero attached hydrogens (tertiary/aromatic N) is 6. The van der Waals surface area contributed by atoms with Gasteiger partial charge in [0, 0.05) is 32.9 Å². The SMILES string of the molecule is Cn1cc(NC(=O)c2ccc3ccc(N4CCCNCC4)nn23)c(C#N)n1.O=C(O)C(F)(F)F. The van der Waals surface area contributed by atoms with Gasteiger partial charge in [-0.25, -0.2) is 9.31 Å². The number of aromatic nitrogens is 4. The third-order valence-corrected chi connectivity index (χ3v) is 4.81. The van der Waals surface area contributed by atoms with Crippen molar-refractivity contribution in [1.29, 1.82) is 5.26 Å². The minimum Gasteiger partial charge on any atom is -0.475 e. The molecule has 0 aliphatic carbocycles. The van der Waals surface area contributed by atoms with Gasteiger partial charge in [0.2, 0.25) is 0 Å². The highest BCUT2D eigenvalue weighted by Crippen LogP contribution is 2.18. The number of rotatable bonds is 3. The number of carbonyl (C=O) groups excluding carboxylic acids is 1. The number of amides is 1. The molecule has 1 aliphatic rings. The number of carboxylic acids is 1. The van der Waals surface area contributed by atoms with Crippen LogP contribution in [-0.4, -0.2) is 68.7 Å². The molecule has 0 saturated carbocycles. The van der Waals surface area contributed by atoms with Gasteiger partial charge in [0.1, 0.15) is 17.6 Å². The summed E-state index contributed by atoms with van der Waals surface area (Å²) in [6.07, 6.45) is -2.42. The number of anilines is 2. The van der Waals surface area contributed by atoms with E-state index in [0.717, 1.165) is 43.9 Å². The molecular weight excluding hydrogens is 457 g/mol. The van der Waals surface area contributed by atoms with Crippen molar-refractivity contribution in [1.82, 2.24) is 24.7 Å². The highest BCUT2D eigenvalue weighted by atomic mass is 19.4. The number of hydrogen-bond donors (Lipinski definition) is 3. The first-order chi connectivity index (χ1) is 16.1. The Kier molecular flexibility index (Phi) is 7.37. The van der Waals surface area contributed by atoms with E-state index < -0.39 is 12.1 Å². The van der Waals surface area contributed by atoms with Crippen LogP contribution in [-0.2, 0) is 11.8 Å². The van der Waals surface area contributed by atoms with Gasteiger partial charge in [-0.15, -0.1) is 5.10 Å². The van der Waals surface area contributed by atoms with E-state index in [1.807, 2.05) is 24.3 Å². The number of alkyl halides is 3. The summed E-state index contributed by atoms with van der Waals surface area (Å²) in [5.41, 5.74) is 1.81. The second kappa shape index (κ2) is 10.2. The number of nitrogens with one attached hydrogen (secondary N) is 2. The molecule has 1 amide bonds. The Morgan fingerprint density at radius 1 is 1.18 bits per heavy atom. The van der Waals surface area contributed by atoms with Gasteiger partial charge in [0.05, 0.1) is 11.2 Å². The van der Waals surface area contributed by atoms with Crippen molar-refractivity contribution in [3.05, 3.63) is 41.9 Å². The maximum atomic E-state index is 12.8. The second-order valence-electron chi connectivity index (χ2n) is 7.27. The van der Waals surface area contributed by atoms with Crippen LogP contribution in [0.25, 0.3) is 5.52 Å². The Morgan fingerprint density at radius 2 is 1.88 bits per heavy atom. The lowest BCUT2D eigenvalue weighted by Crippen LogP contribution is -2.29. The van der Waals surface area contributed by atoms with Gasteiger partial charge >= 0.3 is 12.1 Å². The average Bonchev–Trinajstić information content (AvgIpc) is 3.24. The van der Waals surface area contributed by atoms with Gasteiger partial charge in [0.25, 0.3) is 5.91 Å². The fourth-order valence-corrected chi connectivity index (χ4v) is 3.24. The fourth-order valence-electron chi connectivity index (χ4n) is 3.24. The third-order valence-electron chi connectivity index (χ3n) is 4.81. The van der Waals surface area contributed by atoms with Crippen LogP contribution in [0.2, 0.25) is 0 Å². The van der Waals surface area contributed by atoms with E-state index in [1.165, 1.54) is 4.68 Å². The van der Waals surface area contributed by atoms with Crippen LogP contribution >= 0.6 is 0 Å². The molecule has 1 aliphatic heterocycles. The molecule has 4 rings (SSSR count). The van der Waals surface area contributed by atoms with Crippen molar-refractivity contribution in [2.75, 3.05) is 36.4 Å². The molecule has 4 heterocycles. The minimum atomic E-state index is -5.08. The first-order valence-corrected chi connectivity index (χ1v) is 10.1. The molecule has 3 N–H and O–H groups in total. The largest absolute Gasteiger partial charge is 0.490 e. The van der Waals surface area contributed by atoms with Crippen molar-refractivity contribution >= 4 is 28.9 Å². The smallest absolute Gasteiger partial charge is 0.475 e. The fraction of sp³-hybridized carbons (Fsp3) is 0.350. The minimum absolute atomic E-state index is 0.178. The van der Waals surface area contributed by atoms with E-state index in [9.17, 15) is 18.0 Å². The van der Waals surface area contributed by atoms with Gasteiger partial charge in [-0.1, -0.05) is 0 Å². The Morgan fingerprint density at radius 3 is 2.56 bits per heavy atom. The molecule has 0 unspecified atom stereocenters. The average molecular weight is 478 g/mol. The molecule has 14 heteroatoms. The van der Waals surface area contributed by atoms with Crippen molar-refractivity contribution in [2.45, 2.75) is 12.6 Å². The van der Waals surface area contributed by atoms with Gasteiger partial charge < -0.3 is 20.6 Å². The summed E-state index contributed by atoms with van der Waals surface area (Å²) in [6, 6.07) is 9.51. The zero-order valence-corrected chi connectivity index (χ0v) is 18.0. The van der Waals surface area contributed by atoms with E-state index in [4.69, 9.17) is 15.2 Å². The molecule has 180 valence electrons. The van der Waals surface area contributed by atoms with Gasteiger partial charge in [-0.2, -0.15) is 23.5 Å². The molecular formula is C20H21F3N8O3. The number of halogens is 3. The Balaban J connectivity index is 0.000000406. The Labute approximate surface area is 191 Å². The van der Waals surface area contributed by atoms with Crippen LogP contribution in [0.3, 0.4) is 0 Å². The van der Waals surface area contributed by atoms with Crippen molar-refractivity contribution in [3.8, 4) is 6.07 Å². The zero-order valence-electron chi connectivity index (χ0n) is 18.0. The molecule has 0 bridgehead atoms. The van der Waals surface area contributed by atoms with Gasteiger partial charge in [0.15, 0.2) is 5.69 Å². The van der Waals surface area contributed by atoms with Crippen molar-refractivity contribution < 1.29 is 27.9 Å². The predicted octanol–water partition coefficient (Wildman–Crippen LogP) is 1.62. The Hall–Kier alpha value is -4.12. The van der Waals surface area contributed by atoms with Crippen LogP contribution in [0, 0.1) is 11.3 Å². The number of aliphatic carboxylic acids is 1. The summed E-state index contributed by atoms with van der Waals surface area (Å²) in [7, 11) is 1.70. The van der Waals surface area contributed by atoms with E-state index >= 15 is 0 Å². The zero-order chi connectivity index (χ0) is 24.9. The number of hydrogen-bond acceptors (Lipinski definition) is 7. The normalized spacial score (nSPS) is 14.0. The first-order valence-electron chi connectivity index (χ1n) is 10.1. The maximum absolute atomic E-state index is 12.8. The van der Waals surface area contributed by atoms with Crippen molar-refractivity contribution in [3.63, 3.8) is 0 Å². The quantitative estimate of drug-likeness (QED) is 0.516. The number of carbonyl (C=O) groups is 2. The lowest BCUT2D eigenvalue weighted by Gasteiger charge is -2.21. The number of nitriles is 1. The second-order valence-corrected chi connectivity index (χ2v) is 7.27. The molecule has 34 heavy (non-hydrogen) atoms. The van der Waals surface area contributed by atoms with E-state index in [0.29, 0.717) is 11.4 Å². The molecule has 11 nitrogen and oxygen atoms in total. The highest BCUT2D eigenvalue weighted by Gasteiger charge is 2.38. The summed E-state index contributed by atoms with van der Waals surface area (Å²) in [6.45, 7) is 3.72. The van der Waals surface area contributed by atoms with Gasteiger partial charge in [-0.05, 0) is 37.2 Å². The monoisotopic (exact) mass is 478 g/mol. The summed E-state index contributed by atoms with van der Waals surface area (Å²) in [4.78, 5) is 23.9. The summed E-state index contributed by atoms with van der Waals surface area (Å²) >= 11 is 0. The lowest BCUT2D eigenvalue weighted by atomic mass is 10.3. The molecule has 0 atom stereocenters. The van der Waals surface area contributed by atoms with Crippen LogP contribution in [0.15, 0.2) is 30.5 Å². The maximum Gasteiger partial charge on any atom is 0.490 e. The van der Waals surface area contributed by atoms with Crippen LogP contribution in [0.1, 0.15) is 22.6 Å². The molecule has 3 aromatic rings. The van der Waals surface area contributed by atoms with E-state index in [2.05, 4.69) is 25.7 Å². The Bertz CT molecular complexity index is 1220. The first kappa shape index (κ1) is 24.5. The topological polar surface area (TPSA) is 141 Å². The summed E-state index contributed by atoms with van der Waals surface area (Å²) in [5.74, 6) is -2.25. The molecule has 1 fully saturated rings. The summed E-state index contributed by atoms with van der Waals surface area (Å²) in [5, 5.41) is 31.1. The number of aryl methyl sites for hydroxylation is 1.